The Hall–Kier alpha value is -3.29. The summed E-state index contributed by atoms with van der Waals surface area (Å²) < 4.78 is 68.8. The van der Waals surface area contributed by atoms with Crippen molar-refractivity contribution in [2.45, 2.75) is 63.6 Å². The number of amides is 1. The molecule has 15 heteroatoms. The number of alkyl halides is 5. The number of benzene rings is 1. The minimum absolute atomic E-state index is 0.0576. The first-order valence-corrected chi connectivity index (χ1v) is 13.0. The molecule has 0 bridgehead atoms. The second-order valence-corrected chi connectivity index (χ2v) is 10.4. The van der Waals surface area contributed by atoms with E-state index in [-0.39, 0.29) is 17.2 Å². The Balaban J connectivity index is 1.51. The van der Waals surface area contributed by atoms with Crippen LogP contribution in [0.25, 0.3) is 11.4 Å². The van der Waals surface area contributed by atoms with Crippen LogP contribution in [0.3, 0.4) is 0 Å². The number of piperidine rings is 1. The molecular formula is C24H26ClF5N8O. The van der Waals surface area contributed by atoms with Crippen molar-refractivity contribution in [2.75, 3.05) is 23.3 Å². The predicted octanol–water partition coefficient (Wildman–Crippen LogP) is 5.68. The summed E-state index contributed by atoms with van der Waals surface area (Å²) >= 11 is 6.03. The van der Waals surface area contributed by atoms with Crippen LogP contribution < -0.4 is 10.2 Å². The van der Waals surface area contributed by atoms with E-state index in [0.29, 0.717) is 24.3 Å². The molecule has 39 heavy (non-hydrogen) atoms. The zero-order chi connectivity index (χ0) is 27.9. The fourth-order valence-corrected chi connectivity index (χ4v) is 5.38. The van der Waals surface area contributed by atoms with Crippen molar-refractivity contribution in [3.05, 3.63) is 34.6 Å². The number of halogens is 6. The maximum Gasteiger partial charge on any atom is 0.436 e. The highest BCUT2D eigenvalue weighted by Crippen LogP contribution is 2.48. The number of aromatic nitrogens is 6. The monoisotopic (exact) mass is 572 g/mol. The van der Waals surface area contributed by atoms with Gasteiger partial charge in [-0.1, -0.05) is 18.5 Å². The van der Waals surface area contributed by atoms with E-state index in [1.165, 1.54) is 0 Å². The summed E-state index contributed by atoms with van der Waals surface area (Å²) in [6.07, 6.45) is -5.79. The van der Waals surface area contributed by atoms with Gasteiger partial charge in [0.25, 0.3) is 0 Å². The van der Waals surface area contributed by atoms with Crippen LogP contribution in [0.5, 0.6) is 0 Å². The number of nitrogens with zero attached hydrogens (tertiary/aromatic N) is 6. The molecule has 1 amide bonds. The summed E-state index contributed by atoms with van der Waals surface area (Å²) in [5, 5.41) is 19.4. The van der Waals surface area contributed by atoms with Crippen molar-refractivity contribution in [2.24, 2.45) is 5.92 Å². The topological polar surface area (TPSA) is 105 Å². The molecule has 1 saturated carbocycles. The first kappa shape index (κ1) is 27.3. The molecule has 1 aliphatic carbocycles. The minimum atomic E-state index is -4.91. The lowest BCUT2D eigenvalue weighted by Crippen LogP contribution is -2.34. The molecule has 5 rings (SSSR count). The van der Waals surface area contributed by atoms with Crippen LogP contribution in [-0.4, -0.2) is 55.8 Å². The summed E-state index contributed by atoms with van der Waals surface area (Å²) in [6, 6.07) is 3.40. The summed E-state index contributed by atoms with van der Waals surface area (Å²) in [5.41, 5.74) is -0.0334. The van der Waals surface area contributed by atoms with Gasteiger partial charge in [0, 0.05) is 36.7 Å². The lowest BCUT2D eigenvalue weighted by molar-refractivity contribution is -0.141. The number of carbonyl (C=O) groups is 1. The second kappa shape index (κ2) is 10.7. The number of hydrogen-bond donors (Lipinski definition) is 2. The summed E-state index contributed by atoms with van der Waals surface area (Å²) in [7, 11) is 0. The Labute approximate surface area is 225 Å². The molecule has 2 aromatic heterocycles. The highest BCUT2D eigenvalue weighted by atomic mass is 35.5. The SMILES string of the molecule is C[C@@H]1CCCN(c2ccc(NC(=O)[C@H](CC(F)F)n3nc(C(F)(F)F)c(Cl)c3C3CC3)c(-c3nn[nH]n3)c2)C1. The van der Waals surface area contributed by atoms with E-state index >= 15 is 0 Å². The van der Waals surface area contributed by atoms with Crippen molar-refractivity contribution in [1.82, 2.24) is 30.4 Å². The van der Waals surface area contributed by atoms with Gasteiger partial charge in [0.05, 0.1) is 16.4 Å². The third kappa shape index (κ3) is 5.85. The van der Waals surface area contributed by atoms with E-state index in [4.69, 9.17) is 11.6 Å². The largest absolute Gasteiger partial charge is 0.436 e. The molecule has 9 nitrogen and oxygen atoms in total. The quantitative estimate of drug-likeness (QED) is 0.336. The maximum atomic E-state index is 13.6. The van der Waals surface area contributed by atoms with Gasteiger partial charge in [-0.25, -0.2) is 8.78 Å². The minimum Gasteiger partial charge on any atom is -0.371 e. The first-order valence-electron chi connectivity index (χ1n) is 12.6. The lowest BCUT2D eigenvalue weighted by Gasteiger charge is -2.33. The Kier molecular flexibility index (Phi) is 7.49. The van der Waals surface area contributed by atoms with Gasteiger partial charge >= 0.3 is 6.18 Å². The number of H-pyrrole nitrogens is 1. The molecule has 0 unspecified atom stereocenters. The molecule has 2 N–H and O–H groups in total. The molecule has 210 valence electrons. The Morgan fingerprint density at radius 3 is 2.64 bits per heavy atom. The third-order valence-corrected chi connectivity index (χ3v) is 7.36. The Bertz CT molecular complexity index is 1320. The average molecular weight is 573 g/mol. The van der Waals surface area contributed by atoms with E-state index in [2.05, 4.69) is 42.9 Å². The molecule has 1 aliphatic heterocycles. The number of carbonyl (C=O) groups excluding carboxylic acids is 1. The number of anilines is 2. The molecule has 2 fully saturated rings. The molecule has 2 atom stereocenters. The lowest BCUT2D eigenvalue weighted by atomic mass is 9.99. The summed E-state index contributed by atoms with van der Waals surface area (Å²) in [4.78, 5) is 15.7. The van der Waals surface area contributed by atoms with Crippen LogP contribution in [0.15, 0.2) is 18.2 Å². The summed E-state index contributed by atoms with van der Waals surface area (Å²) in [5.74, 6) is -0.711. The van der Waals surface area contributed by atoms with Crippen LogP contribution >= 0.6 is 11.6 Å². The van der Waals surface area contributed by atoms with Crippen LogP contribution in [-0.2, 0) is 11.0 Å². The molecule has 3 heterocycles. The van der Waals surface area contributed by atoms with Gasteiger partial charge in [-0.05, 0) is 55.0 Å². The second-order valence-electron chi connectivity index (χ2n) is 10.1. The third-order valence-electron chi connectivity index (χ3n) is 6.99. The number of aromatic amines is 1. The van der Waals surface area contributed by atoms with E-state index in [9.17, 15) is 26.7 Å². The molecule has 0 radical (unpaired) electrons. The predicted molar refractivity (Wildman–Crippen MR) is 133 cm³/mol. The van der Waals surface area contributed by atoms with E-state index in [1.807, 2.05) is 0 Å². The average Bonchev–Trinajstić information content (AvgIpc) is 3.42. The molecule has 1 aromatic carbocycles. The highest BCUT2D eigenvalue weighted by molar-refractivity contribution is 6.32. The highest BCUT2D eigenvalue weighted by Gasteiger charge is 2.44. The molecule has 0 spiro atoms. The van der Waals surface area contributed by atoms with Crippen molar-refractivity contribution in [3.8, 4) is 11.4 Å². The molecule has 2 aliphatic rings. The van der Waals surface area contributed by atoms with Gasteiger partial charge in [0.1, 0.15) is 6.04 Å². The van der Waals surface area contributed by atoms with Crippen LogP contribution in [0.2, 0.25) is 5.02 Å². The van der Waals surface area contributed by atoms with E-state index < -0.39 is 47.6 Å². The maximum absolute atomic E-state index is 13.6. The van der Waals surface area contributed by atoms with Crippen molar-refractivity contribution in [1.29, 1.82) is 0 Å². The number of nitrogens with one attached hydrogen (secondary N) is 2. The van der Waals surface area contributed by atoms with Crippen molar-refractivity contribution >= 4 is 28.9 Å². The zero-order valence-corrected chi connectivity index (χ0v) is 21.6. The Morgan fingerprint density at radius 1 is 1.26 bits per heavy atom. The number of rotatable bonds is 8. The Morgan fingerprint density at radius 2 is 2.03 bits per heavy atom. The number of tetrazole rings is 1. The van der Waals surface area contributed by atoms with Crippen LogP contribution in [0.4, 0.5) is 33.3 Å². The normalized spacial score (nSPS) is 19.0. The van der Waals surface area contributed by atoms with E-state index in [1.54, 1.807) is 18.2 Å². The van der Waals surface area contributed by atoms with E-state index in [0.717, 1.165) is 36.3 Å². The van der Waals surface area contributed by atoms with Crippen LogP contribution in [0.1, 0.15) is 62.4 Å². The van der Waals surface area contributed by atoms with Gasteiger partial charge in [0.2, 0.25) is 18.2 Å². The van der Waals surface area contributed by atoms with Gasteiger partial charge < -0.3 is 10.2 Å². The van der Waals surface area contributed by atoms with Crippen molar-refractivity contribution in [3.63, 3.8) is 0 Å². The zero-order valence-electron chi connectivity index (χ0n) is 20.9. The van der Waals surface area contributed by atoms with Crippen molar-refractivity contribution < 1.29 is 26.7 Å². The van der Waals surface area contributed by atoms with Crippen LogP contribution in [0, 0.1) is 5.92 Å². The van der Waals surface area contributed by atoms with Gasteiger partial charge in [-0.15, -0.1) is 10.2 Å². The van der Waals surface area contributed by atoms with Gasteiger partial charge in [-0.3, -0.25) is 9.48 Å². The molecule has 3 aromatic rings. The number of hydrogen-bond acceptors (Lipinski definition) is 6. The van der Waals surface area contributed by atoms with Gasteiger partial charge in [-0.2, -0.15) is 23.5 Å². The van der Waals surface area contributed by atoms with Gasteiger partial charge in [0.15, 0.2) is 5.69 Å². The standard InChI is InChI=1S/C24H26ClF5N8O/c1-12-3-2-8-37(11-12)14-6-7-16(15(9-14)22-32-35-36-33-22)31-23(39)17(10-18(26)27)38-20(13-4-5-13)19(25)21(34-38)24(28,29)30/h6-7,9,12-13,17-18H,2-5,8,10-11H2,1H3,(H,31,39)(H,32,33,35,36)/t12-,17+/m1/s1. The smallest absolute Gasteiger partial charge is 0.371 e. The first-order chi connectivity index (χ1) is 18.5. The molecular weight excluding hydrogens is 547 g/mol. The fraction of sp³-hybridized carbons (Fsp3) is 0.542. The summed E-state index contributed by atoms with van der Waals surface area (Å²) in [6.45, 7) is 3.83. The fourth-order valence-electron chi connectivity index (χ4n) is 4.99. The molecule has 1 saturated heterocycles.